The lowest BCUT2D eigenvalue weighted by Gasteiger charge is -2.28. The molecule has 20 heavy (non-hydrogen) atoms. The summed E-state index contributed by atoms with van der Waals surface area (Å²) in [5, 5.41) is 11.7. The summed E-state index contributed by atoms with van der Waals surface area (Å²) in [4.78, 5) is 23.2. The molecule has 0 spiro atoms. The number of hydrogen-bond donors (Lipinski definition) is 2. The van der Waals surface area contributed by atoms with Crippen LogP contribution in [0.1, 0.15) is 42.5 Å². The molecular weight excluding hydrogens is 285 g/mol. The van der Waals surface area contributed by atoms with Crippen molar-refractivity contribution in [1.82, 2.24) is 5.32 Å². The van der Waals surface area contributed by atoms with Gasteiger partial charge >= 0.3 is 5.97 Å². The minimum absolute atomic E-state index is 0.0194. The third kappa shape index (κ3) is 3.10. The Hall–Kier alpha value is -1.62. The van der Waals surface area contributed by atoms with Crippen molar-refractivity contribution < 1.29 is 19.1 Å². The maximum atomic E-state index is 13.7. The van der Waals surface area contributed by atoms with Gasteiger partial charge in [-0.25, -0.2) is 4.39 Å². The topological polar surface area (TPSA) is 66.4 Å². The van der Waals surface area contributed by atoms with Gasteiger partial charge < -0.3 is 10.4 Å². The number of rotatable bonds is 4. The van der Waals surface area contributed by atoms with Crippen LogP contribution in [0.15, 0.2) is 18.2 Å². The van der Waals surface area contributed by atoms with E-state index < -0.39 is 23.2 Å². The standard InChI is InChI=1S/C14H15ClFNO3/c15-9-4-3-5-10(16)12(9)13(20)17-14(8-11(18)19)6-1-2-7-14/h3-5H,1-2,6-8H2,(H,17,20)(H,18,19). The number of carbonyl (C=O) groups excluding carboxylic acids is 1. The molecule has 0 aliphatic heterocycles. The number of benzene rings is 1. The molecule has 0 radical (unpaired) electrons. The van der Waals surface area contributed by atoms with Crippen LogP contribution in [0.25, 0.3) is 0 Å². The molecule has 1 aliphatic carbocycles. The molecule has 1 aromatic rings. The van der Waals surface area contributed by atoms with Crippen molar-refractivity contribution in [3.8, 4) is 0 Å². The van der Waals surface area contributed by atoms with Gasteiger partial charge in [-0.15, -0.1) is 0 Å². The predicted molar refractivity (Wildman–Crippen MR) is 72.3 cm³/mol. The van der Waals surface area contributed by atoms with E-state index in [1.54, 1.807) is 0 Å². The van der Waals surface area contributed by atoms with Gasteiger partial charge in [0.15, 0.2) is 0 Å². The van der Waals surface area contributed by atoms with E-state index in [1.165, 1.54) is 12.1 Å². The van der Waals surface area contributed by atoms with Crippen molar-refractivity contribution in [2.75, 3.05) is 0 Å². The van der Waals surface area contributed by atoms with Crippen LogP contribution < -0.4 is 5.32 Å². The van der Waals surface area contributed by atoms with Crippen LogP contribution in [0.3, 0.4) is 0 Å². The molecular formula is C14H15ClFNO3. The van der Waals surface area contributed by atoms with E-state index in [4.69, 9.17) is 16.7 Å². The third-order valence-electron chi connectivity index (χ3n) is 3.62. The van der Waals surface area contributed by atoms with Crippen LogP contribution in [0.4, 0.5) is 4.39 Å². The van der Waals surface area contributed by atoms with Crippen molar-refractivity contribution in [2.24, 2.45) is 0 Å². The molecule has 1 aromatic carbocycles. The van der Waals surface area contributed by atoms with Gasteiger partial charge in [0.1, 0.15) is 5.82 Å². The zero-order valence-corrected chi connectivity index (χ0v) is 11.5. The summed E-state index contributed by atoms with van der Waals surface area (Å²) in [5.74, 6) is -2.35. The summed E-state index contributed by atoms with van der Waals surface area (Å²) in [6.07, 6.45) is 2.69. The van der Waals surface area contributed by atoms with Gasteiger partial charge in [0.05, 0.1) is 22.5 Å². The van der Waals surface area contributed by atoms with Crippen LogP contribution in [0.2, 0.25) is 5.02 Å². The molecule has 0 bridgehead atoms. The van der Waals surface area contributed by atoms with E-state index in [0.717, 1.165) is 18.9 Å². The molecule has 1 fully saturated rings. The number of carboxylic acid groups (broad SMARTS) is 1. The van der Waals surface area contributed by atoms with Gasteiger partial charge in [-0.3, -0.25) is 9.59 Å². The van der Waals surface area contributed by atoms with Crippen LogP contribution in [0.5, 0.6) is 0 Å². The second kappa shape index (κ2) is 5.79. The maximum Gasteiger partial charge on any atom is 0.305 e. The number of aliphatic carboxylic acids is 1. The highest BCUT2D eigenvalue weighted by Gasteiger charge is 2.38. The fourth-order valence-electron chi connectivity index (χ4n) is 2.71. The van der Waals surface area contributed by atoms with E-state index in [0.29, 0.717) is 12.8 Å². The molecule has 1 saturated carbocycles. The second-order valence-corrected chi connectivity index (χ2v) is 5.52. The Kier molecular flexibility index (Phi) is 4.28. The number of nitrogens with one attached hydrogen (secondary N) is 1. The maximum absolute atomic E-state index is 13.7. The Labute approximate surface area is 120 Å². The highest BCUT2D eigenvalue weighted by molar-refractivity contribution is 6.33. The Morgan fingerprint density at radius 2 is 2.00 bits per heavy atom. The highest BCUT2D eigenvalue weighted by atomic mass is 35.5. The molecule has 2 N–H and O–H groups in total. The minimum atomic E-state index is -0.980. The van der Waals surface area contributed by atoms with Crippen LogP contribution in [-0.2, 0) is 4.79 Å². The number of carboxylic acids is 1. The Bertz CT molecular complexity index is 521. The monoisotopic (exact) mass is 299 g/mol. The fourth-order valence-corrected chi connectivity index (χ4v) is 2.95. The van der Waals surface area contributed by atoms with E-state index >= 15 is 0 Å². The van der Waals surface area contributed by atoms with Gasteiger partial charge in [0.2, 0.25) is 0 Å². The summed E-state index contributed by atoms with van der Waals surface area (Å²) < 4.78 is 13.7. The number of carbonyl (C=O) groups is 2. The van der Waals surface area contributed by atoms with Gasteiger partial charge in [0.25, 0.3) is 5.91 Å². The van der Waals surface area contributed by atoms with E-state index in [1.807, 2.05) is 0 Å². The summed E-state index contributed by atoms with van der Waals surface area (Å²) in [7, 11) is 0. The number of hydrogen-bond acceptors (Lipinski definition) is 2. The Balaban J connectivity index is 2.23. The zero-order chi connectivity index (χ0) is 14.8. The Morgan fingerprint density at radius 1 is 1.35 bits per heavy atom. The number of halogens is 2. The normalized spacial score (nSPS) is 16.9. The zero-order valence-electron chi connectivity index (χ0n) is 10.8. The average Bonchev–Trinajstić information content (AvgIpc) is 2.75. The average molecular weight is 300 g/mol. The van der Waals surface area contributed by atoms with Crippen LogP contribution >= 0.6 is 11.6 Å². The number of amides is 1. The van der Waals surface area contributed by atoms with Gasteiger partial charge in [-0.2, -0.15) is 0 Å². The molecule has 2 rings (SSSR count). The molecule has 108 valence electrons. The van der Waals surface area contributed by atoms with Crippen LogP contribution in [0, 0.1) is 5.82 Å². The molecule has 0 saturated heterocycles. The molecule has 0 unspecified atom stereocenters. The lowest BCUT2D eigenvalue weighted by Crippen LogP contribution is -2.48. The summed E-state index contributed by atoms with van der Waals surface area (Å²) in [5.41, 5.74) is -1.03. The lowest BCUT2D eigenvalue weighted by molar-refractivity contribution is -0.138. The van der Waals surface area contributed by atoms with Gasteiger partial charge in [-0.05, 0) is 25.0 Å². The van der Waals surface area contributed by atoms with Crippen molar-refractivity contribution in [1.29, 1.82) is 0 Å². The van der Waals surface area contributed by atoms with Gasteiger partial charge in [0, 0.05) is 0 Å². The summed E-state index contributed by atoms with van der Waals surface area (Å²) >= 11 is 5.84. The van der Waals surface area contributed by atoms with Crippen molar-refractivity contribution in [3.05, 3.63) is 34.6 Å². The largest absolute Gasteiger partial charge is 0.481 e. The fraction of sp³-hybridized carbons (Fsp3) is 0.429. The molecule has 0 aromatic heterocycles. The second-order valence-electron chi connectivity index (χ2n) is 5.11. The Morgan fingerprint density at radius 3 is 2.55 bits per heavy atom. The van der Waals surface area contributed by atoms with E-state index in [2.05, 4.69) is 5.32 Å². The van der Waals surface area contributed by atoms with Gasteiger partial charge in [-0.1, -0.05) is 30.5 Å². The van der Waals surface area contributed by atoms with E-state index in [9.17, 15) is 14.0 Å². The lowest BCUT2D eigenvalue weighted by atomic mass is 9.92. The van der Waals surface area contributed by atoms with Crippen molar-refractivity contribution in [3.63, 3.8) is 0 Å². The first-order valence-corrected chi connectivity index (χ1v) is 6.80. The van der Waals surface area contributed by atoms with Crippen molar-refractivity contribution in [2.45, 2.75) is 37.6 Å². The first-order valence-electron chi connectivity index (χ1n) is 6.42. The SMILES string of the molecule is O=C(O)CC1(NC(=O)c2c(F)cccc2Cl)CCCC1. The van der Waals surface area contributed by atoms with Crippen molar-refractivity contribution >= 4 is 23.5 Å². The third-order valence-corrected chi connectivity index (χ3v) is 3.93. The van der Waals surface area contributed by atoms with E-state index in [-0.39, 0.29) is 17.0 Å². The molecule has 1 amide bonds. The molecule has 0 heterocycles. The molecule has 4 nitrogen and oxygen atoms in total. The summed E-state index contributed by atoms with van der Waals surface area (Å²) in [6.45, 7) is 0. The van der Waals surface area contributed by atoms with Crippen LogP contribution in [-0.4, -0.2) is 22.5 Å². The molecule has 0 atom stereocenters. The smallest absolute Gasteiger partial charge is 0.305 e. The molecule has 1 aliphatic rings. The predicted octanol–water partition coefficient (Wildman–Crippen LogP) is 3.00. The molecule has 6 heteroatoms. The minimum Gasteiger partial charge on any atom is -0.481 e. The summed E-state index contributed by atoms with van der Waals surface area (Å²) in [6, 6.07) is 3.99. The quantitative estimate of drug-likeness (QED) is 0.898. The first-order chi connectivity index (χ1) is 9.43. The first kappa shape index (κ1) is 14.8. The highest BCUT2D eigenvalue weighted by Crippen LogP contribution is 2.33.